The van der Waals surface area contributed by atoms with Gasteiger partial charge in [0.05, 0.1) is 11.8 Å². The van der Waals surface area contributed by atoms with Crippen LogP contribution in [-0.4, -0.2) is 22.2 Å². The summed E-state index contributed by atoms with van der Waals surface area (Å²) in [5.74, 6) is -3.93. The van der Waals surface area contributed by atoms with Gasteiger partial charge in [-0.25, -0.2) is 0 Å². The highest BCUT2D eigenvalue weighted by Crippen LogP contribution is 2.43. The topological polar surface area (TPSA) is 74.6 Å². The molecule has 3 rings (SSSR count). The molecule has 2 N–H and O–H groups in total. The predicted molar refractivity (Wildman–Crippen MR) is 91.2 cm³/mol. The molecule has 0 heterocycles. The lowest BCUT2D eigenvalue weighted by atomic mass is 9.72. The van der Waals surface area contributed by atoms with Crippen LogP contribution in [0.4, 0.5) is 0 Å². The average molecular weight is 322 g/mol. The maximum atomic E-state index is 11.6. The van der Waals surface area contributed by atoms with E-state index in [2.05, 4.69) is 0 Å². The Balaban J connectivity index is 2.16. The highest BCUT2D eigenvalue weighted by Gasteiger charge is 2.39. The minimum absolute atomic E-state index is 0.223. The van der Waals surface area contributed by atoms with Crippen LogP contribution in [0, 0.1) is 11.8 Å². The molecule has 1 aliphatic rings. The predicted octanol–water partition coefficient (Wildman–Crippen LogP) is 3.79. The third-order valence-electron chi connectivity index (χ3n) is 4.58. The molecule has 0 unspecified atom stereocenters. The summed E-state index contributed by atoms with van der Waals surface area (Å²) in [7, 11) is 0. The van der Waals surface area contributed by atoms with Gasteiger partial charge in [0.15, 0.2) is 0 Å². The van der Waals surface area contributed by atoms with E-state index in [1.807, 2.05) is 60.7 Å². The number of allylic oxidation sites excluding steroid dienone is 2. The van der Waals surface area contributed by atoms with Gasteiger partial charge in [0.2, 0.25) is 0 Å². The summed E-state index contributed by atoms with van der Waals surface area (Å²) in [6.45, 7) is 0. The summed E-state index contributed by atoms with van der Waals surface area (Å²) in [5.41, 5.74) is 3.75. The second kappa shape index (κ2) is 6.71. The number of benzene rings is 2. The van der Waals surface area contributed by atoms with Crippen molar-refractivity contribution in [3.8, 4) is 0 Å². The lowest BCUT2D eigenvalue weighted by Gasteiger charge is -2.30. The number of hydrogen-bond acceptors (Lipinski definition) is 2. The van der Waals surface area contributed by atoms with Crippen molar-refractivity contribution in [2.24, 2.45) is 11.8 Å². The molecule has 0 saturated carbocycles. The van der Waals surface area contributed by atoms with E-state index in [0.29, 0.717) is 0 Å². The van der Waals surface area contributed by atoms with Crippen molar-refractivity contribution >= 4 is 23.1 Å². The number of hydrogen-bond donors (Lipinski definition) is 2. The van der Waals surface area contributed by atoms with Gasteiger partial charge in [0.1, 0.15) is 0 Å². The zero-order valence-corrected chi connectivity index (χ0v) is 13.1. The van der Waals surface area contributed by atoms with E-state index < -0.39 is 23.8 Å². The van der Waals surface area contributed by atoms with Gasteiger partial charge in [0, 0.05) is 0 Å². The van der Waals surface area contributed by atoms with Crippen molar-refractivity contribution in [3.05, 3.63) is 71.8 Å². The molecular weight excluding hydrogens is 304 g/mol. The summed E-state index contributed by atoms with van der Waals surface area (Å²) in [5, 5.41) is 19.0. The molecule has 0 spiro atoms. The van der Waals surface area contributed by atoms with Gasteiger partial charge < -0.3 is 10.2 Å². The van der Waals surface area contributed by atoms with Crippen LogP contribution in [0.5, 0.6) is 0 Å². The van der Waals surface area contributed by atoms with E-state index in [-0.39, 0.29) is 12.8 Å². The lowest BCUT2D eigenvalue weighted by Crippen LogP contribution is -2.33. The van der Waals surface area contributed by atoms with Crippen molar-refractivity contribution in [1.82, 2.24) is 0 Å². The molecule has 0 fully saturated rings. The van der Waals surface area contributed by atoms with Crippen molar-refractivity contribution < 1.29 is 19.8 Å². The fourth-order valence-electron chi connectivity index (χ4n) is 3.35. The fraction of sp³-hybridized carbons (Fsp3) is 0.200. The van der Waals surface area contributed by atoms with Crippen LogP contribution < -0.4 is 0 Å². The van der Waals surface area contributed by atoms with Crippen molar-refractivity contribution in [1.29, 1.82) is 0 Å². The molecule has 2 aromatic rings. The largest absolute Gasteiger partial charge is 0.481 e. The minimum Gasteiger partial charge on any atom is -0.481 e. The molecule has 1 aliphatic carbocycles. The Bertz CT molecular complexity index is 710. The highest BCUT2D eigenvalue weighted by atomic mass is 16.4. The number of carboxylic acid groups (broad SMARTS) is 2. The van der Waals surface area contributed by atoms with Crippen LogP contribution in [0.15, 0.2) is 60.7 Å². The van der Waals surface area contributed by atoms with Crippen LogP contribution >= 0.6 is 0 Å². The highest BCUT2D eigenvalue weighted by molar-refractivity contribution is 5.96. The molecule has 24 heavy (non-hydrogen) atoms. The van der Waals surface area contributed by atoms with Gasteiger partial charge >= 0.3 is 11.9 Å². The molecule has 0 amide bonds. The molecule has 2 atom stereocenters. The van der Waals surface area contributed by atoms with Crippen LogP contribution in [0.3, 0.4) is 0 Å². The monoisotopic (exact) mass is 322 g/mol. The van der Waals surface area contributed by atoms with Gasteiger partial charge in [-0.05, 0) is 35.1 Å². The molecular formula is C20H18O4. The summed E-state index contributed by atoms with van der Waals surface area (Å²) < 4.78 is 0. The number of aliphatic carboxylic acids is 2. The molecule has 122 valence electrons. The number of rotatable bonds is 4. The van der Waals surface area contributed by atoms with Gasteiger partial charge in [-0.15, -0.1) is 0 Å². The summed E-state index contributed by atoms with van der Waals surface area (Å²) in [6.07, 6.45) is 0.446. The van der Waals surface area contributed by atoms with E-state index in [1.54, 1.807) is 0 Å². The maximum Gasteiger partial charge on any atom is 0.307 e. The van der Waals surface area contributed by atoms with E-state index in [1.165, 1.54) is 0 Å². The molecule has 4 heteroatoms. The Hall–Kier alpha value is -2.88. The zero-order chi connectivity index (χ0) is 17.1. The van der Waals surface area contributed by atoms with Crippen molar-refractivity contribution in [3.63, 3.8) is 0 Å². The van der Waals surface area contributed by atoms with Gasteiger partial charge in [-0.1, -0.05) is 60.7 Å². The summed E-state index contributed by atoms with van der Waals surface area (Å²) in [4.78, 5) is 23.2. The van der Waals surface area contributed by atoms with E-state index >= 15 is 0 Å². The van der Waals surface area contributed by atoms with Crippen molar-refractivity contribution in [2.75, 3.05) is 0 Å². The van der Waals surface area contributed by atoms with E-state index in [9.17, 15) is 19.8 Å². The zero-order valence-electron chi connectivity index (χ0n) is 13.1. The van der Waals surface area contributed by atoms with Crippen molar-refractivity contribution in [2.45, 2.75) is 12.8 Å². The normalized spacial score (nSPS) is 20.7. The molecule has 0 radical (unpaired) electrons. The molecule has 0 bridgehead atoms. The average Bonchev–Trinajstić information content (AvgIpc) is 2.62. The fourth-order valence-corrected chi connectivity index (χ4v) is 3.35. The first-order valence-corrected chi connectivity index (χ1v) is 7.86. The molecule has 4 nitrogen and oxygen atoms in total. The quantitative estimate of drug-likeness (QED) is 0.898. The van der Waals surface area contributed by atoms with Gasteiger partial charge in [-0.2, -0.15) is 0 Å². The smallest absolute Gasteiger partial charge is 0.307 e. The van der Waals surface area contributed by atoms with E-state index in [0.717, 1.165) is 22.3 Å². The molecule has 2 aromatic carbocycles. The van der Waals surface area contributed by atoms with Crippen LogP contribution in [-0.2, 0) is 9.59 Å². The first-order chi connectivity index (χ1) is 11.6. The summed E-state index contributed by atoms with van der Waals surface area (Å²) >= 11 is 0. The van der Waals surface area contributed by atoms with Crippen LogP contribution in [0.2, 0.25) is 0 Å². The third-order valence-corrected chi connectivity index (χ3v) is 4.58. The van der Waals surface area contributed by atoms with E-state index in [4.69, 9.17) is 0 Å². The second-order valence-electron chi connectivity index (χ2n) is 5.99. The Kier molecular flexibility index (Phi) is 4.47. The van der Waals surface area contributed by atoms with Crippen LogP contribution in [0.25, 0.3) is 11.1 Å². The van der Waals surface area contributed by atoms with Gasteiger partial charge in [0.25, 0.3) is 0 Å². The SMILES string of the molecule is O=C(O)[C@H]1CC(c2ccccc2)=C(c2ccccc2)C[C@@H]1C(=O)O. The minimum atomic E-state index is -1.05. The standard InChI is InChI=1S/C20H18O4/c21-19(22)17-11-15(13-7-3-1-4-8-13)16(12-18(17)20(23)24)14-9-5-2-6-10-14/h1-10,17-18H,11-12H2,(H,21,22)(H,23,24)/t17-,18-/m0/s1. The first-order valence-electron chi connectivity index (χ1n) is 7.86. The van der Waals surface area contributed by atoms with Crippen LogP contribution in [0.1, 0.15) is 24.0 Å². The second-order valence-corrected chi connectivity index (χ2v) is 5.99. The Morgan fingerprint density at radius 3 is 1.29 bits per heavy atom. The molecule has 0 aliphatic heterocycles. The summed E-state index contributed by atoms with van der Waals surface area (Å²) in [6, 6.07) is 19.2. The number of carboxylic acids is 2. The molecule has 0 aromatic heterocycles. The molecule has 0 saturated heterocycles. The Morgan fingerprint density at radius 1 is 0.667 bits per heavy atom. The lowest BCUT2D eigenvalue weighted by molar-refractivity contribution is -0.153. The third kappa shape index (κ3) is 3.08. The van der Waals surface area contributed by atoms with Gasteiger partial charge in [-0.3, -0.25) is 9.59 Å². The number of carbonyl (C=O) groups is 2. The first kappa shape index (κ1) is 16.0. The maximum absolute atomic E-state index is 11.6. The Labute approximate surface area is 140 Å². The Morgan fingerprint density at radius 2 is 1.00 bits per heavy atom.